The second kappa shape index (κ2) is 10.2. The number of aromatic nitrogens is 3. The fourth-order valence-electron chi connectivity index (χ4n) is 5.34. The van der Waals surface area contributed by atoms with Crippen LogP contribution in [0.3, 0.4) is 0 Å². The first-order valence-electron chi connectivity index (χ1n) is 13.2. The van der Waals surface area contributed by atoms with Gasteiger partial charge in [-0.15, -0.1) is 0 Å². The van der Waals surface area contributed by atoms with Crippen LogP contribution < -0.4 is 9.64 Å². The fraction of sp³-hybridized carbons (Fsp3) is 0.290. The van der Waals surface area contributed by atoms with Crippen molar-refractivity contribution < 1.29 is 4.74 Å². The average molecular weight is 492 g/mol. The van der Waals surface area contributed by atoms with Gasteiger partial charge in [0.05, 0.1) is 5.69 Å². The van der Waals surface area contributed by atoms with E-state index in [1.807, 2.05) is 0 Å². The Kier molecular flexibility index (Phi) is 6.49. The molecule has 5 aromatic rings. The number of hydrogen-bond acceptors (Lipinski definition) is 5. The molecule has 0 N–H and O–H groups in total. The van der Waals surface area contributed by atoms with Gasteiger partial charge in [0, 0.05) is 55.4 Å². The molecule has 3 aromatic carbocycles. The molecule has 3 heterocycles. The molecule has 1 aliphatic heterocycles. The minimum absolute atomic E-state index is 0.687. The lowest BCUT2D eigenvalue weighted by molar-refractivity contribution is 0.201. The summed E-state index contributed by atoms with van der Waals surface area (Å²) in [4.78, 5) is 9.87. The number of ether oxygens (including phenoxy) is 1. The molecule has 2 aromatic heterocycles. The highest BCUT2D eigenvalue weighted by atomic mass is 16.5. The molecule has 6 rings (SSSR count). The van der Waals surface area contributed by atoms with E-state index in [1.165, 1.54) is 16.3 Å². The van der Waals surface area contributed by atoms with Gasteiger partial charge in [-0.05, 0) is 30.4 Å². The van der Waals surface area contributed by atoms with Crippen LogP contribution in [0.2, 0.25) is 0 Å². The van der Waals surface area contributed by atoms with Crippen molar-refractivity contribution in [2.24, 2.45) is 0 Å². The molecule has 0 spiro atoms. The van der Waals surface area contributed by atoms with E-state index in [0.717, 1.165) is 73.3 Å². The van der Waals surface area contributed by atoms with E-state index in [-0.39, 0.29) is 0 Å². The number of aryl methyl sites for hydroxylation is 2. The normalized spacial score (nSPS) is 14.5. The van der Waals surface area contributed by atoms with E-state index >= 15 is 0 Å². The topological polar surface area (TPSA) is 45.9 Å². The highest BCUT2D eigenvalue weighted by Crippen LogP contribution is 2.31. The van der Waals surface area contributed by atoms with Crippen molar-refractivity contribution in [3.05, 3.63) is 90.3 Å². The van der Waals surface area contributed by atoms with E-state index in [2.05, 4.69) is 107 Å². The highest BCUT2D eigenvalue weighted by Gasteiger charge is 2.23. The molecule has 0 saturated carbocycles. The third kappa shape index (κ3) is 4.65. The number of benzene rings is 3. The maximum atomic E-state index is 6.20. The summed E-state index contributed by atoms with van der Waals surface area (Å²) < 4.78 is 8.26. The van der Waals surface area contributed by atoms with Gasteiger partial charge in [0.2, 0.25) is 0 Å². The van der Waals surface area contributed by atoms with Crippen LogP contribution in [0.25, 0.3) is 27.5 Å². The van der Waals surface area contributed by atoms with E-state index in [0.29, 0.717) is 6.61 Å². The Morgan fingerprint density at radius 2 is 1.62 bits per heavy atom. The molecule has 0 radical (unpaired) electrons. The zero-order valence-corrected chi connectivity index (χ0v) is 21.6. The molecule has 0 aliphatic carbocycles. The zero-order valence-electron chi connectivity index (χ0n) is 21.6. The molecule has 37 heavy (non-hydrogen) atoms. The maximum absolute atomic E-state index is 6.20. The van der Waals surface area contributed by atoms with Gasteiger partial charge in [-0.3, -0.25) is 4.90 Å². The van der Waals surface area contributed by atoms with E-state index in [4.69, 9.17) is 14.8 Å². The minimum Gasteiger partial charge on any atom is -0.492 e. The van der Waals surface area contributed by atoms with Gasteiger partial charge in [-0.2, -0.15) is 9.61 Å². The first-order valence-corrected chi connectivity index (χ1v) is 13.2. The summed E-state index contributed by atoms with van der Waals surface area (Å²) in [6, 6.07) is 27.3. The van der Waals surface area contributed by atoms with Gasteiger partial charge < -0.3 is 9.64 Å². The standard InChI is InChI=1S/C31H33N5O/c1-3-27-30(25-11-5-4-6-12-25)31-32-23(2)22-29(36(31)33-27)35-18-16-34(17-19-35)20-21-37-28-15-9-13-24-10-7-8-14-26(24)28/h4-15,22H,3,16-21H2,1-2H3. The first kappa shape index (κ1) is 23.5. The summed E-state index contributed by atoms with van der Waals surface area (Å²) in [5.74, 6) is 2.09. The van der Waals surface area contributed by atoms with Crippen LogP contribution in [-0.4, -0.2) is 58.8 Å². The lowest BCUT2D eigenvalue weighted by Crippen LogP contribution is -2.48. The summed E-state index contributed by atoms with van der Waals surface area (Å²) in [5, 5.41) is 7.42. The number of piperazine rings is 1. The Labute approximate surface area is 218 Å². The molecule has 0 atom stereocenters. The van der Waals surface area contributed by atoms with Gasteiger partial charge in [-0.25, -0.2) is 4.98 Å². The molecule has 6 nitrogen and oxygen atoms in total. The van der Waals surface area contributed by atoms with E-state index < -0.39 is 0 Å². The summed E-state index contributed by atoms with van der Waals surface area (Å²) in [7, 11) is 0. The van der Waals surface area contributed by atoms with Crippen molar-refractivity contribution in [1.82, 2.24) is 19.5 Å². The Hall–Kier alpha value is -3.90. The van der Waals surface area contributed by atoms with Crippen molar-refractivity contribution in [3.8, 4) is 16.9 Å². The van der Waals surface area contributed by atoms with Gasteiger partial charge in [0.1, 0.15) is 18.2 Å². The molecule has 1 aliphatic rings. The van der Waals surface area contributed by atoms with Crippen LogP contribution in [-0.2, 0) is 6.42 Å². The molecule has 6 heteroatoms. The third-order valence-corrected chi connectivity index (χ3v) is 7.28. The van der Waals surface area contributed by atoms with Crippen molar-refractivity contribution in [2.45, 2.75) is 20.3 Å². The van der Waals surface area contributed by atoms with Gasteiger partial charge in [0.15, 0.2) is 5.65 Å². The Morgan fingerprint density at radius 3 is 2.43 bits per heavy atom. The summed E-state index contributed by atoms with van der Waals surface area (Å²) >= 11 is 0. The molecule has 0 unspecified atom stereocenters. The number of rotatable bonds is 7. The number of anilines is 1. The van der Waals surface area contributed by atoms with Crippen LogP contribution in [0.15, 0.2) is 78.9 Å². The summed E-state index contributed by atoms with van der Waals surface area (Å²) in [5.41, 5.74) is 5.39. The highest BCUT2D eigenvalue weighted by molar-refractivity contribution is 5.88. The summed E-state index contributed by atoms with van der Waals surface area (Å²) in [6.45, 7) is 9.75. The second-order valence-corrected chi connectivity index (χ2v) is 9.69. The predicted octanol–water partition coefficient (Wildman–Crippen LogP) is 5.62. The van der Waals surface area contributed by atoms with Crippen LogP contribution in [0.1, 0.15) is 18.3 Å². The van der Waals surface area contributed by atoms with E-state index in [1.54, 1.807) is 0 Å². The maximum Gasteiger partial charge on any atom is 0.165 e. The van der Waals surface area contributed by atoms with Crippen LogP contribution in [0.5, 0.6) is 5.75 Å². The van der Waals surface area contributed by atoms with Crippen molar-refractivity contribution in [3.63, 3.8) is 0 Å². The monoisotopic (exact) mass is 491 g/mol. The van der Waals surface area contributed by atoms with E-state index in [9.17, 15) is 0 Å². The van der Waals surface area contributed by atoms with Crippen LogP contribution in [0, 0.1) is 6.92 Å². The molecular formula is C31H33N5O. The number of nitrogens with zero attached hydrogens (tertiary/aromatic N) is 5. The van der Waals surface area contributed by atoms with Crippen molar-refractivity contribution in [1.29, 1.82) is 0 Å². The predicted molar refractivity (Wildman–Crippen MR) is 151 cm³/mol. The average Bonchev–Trinajstić information content (AvgIpc) is 3.32. The molecule has 0 amide bonds. The summed E-state index contributed by atoms with van der Waals surface area (Å²) in [6.07, 6.45) is 0.872. The SMILES string of the molecule is CCc1nn2c(N3CCN(CCOc4cccc5ccccc45)CC3)cc(C)nc2c1-c1ccccc1. The molecule has 1 fully saturated rings. The third-order valence-electron chi connectivity index (χ3n) is 7.28. The van der Waals surface area contributed by atoms with Crippen LogP contribution in [0.4, 0.5) is 5.82 Å². The van der Waals surface area contributed by atoms with Gasteiger partial charge >= 0.3 is 0 Å². The minimum atomic E-state index is 0.687. The van der Waals surface area contributed by atoms with Gasteiger partial charge in [-0.1, -0.05) is 73.7 Å². The number of fused-ring (bicyclic) bond motifs is 2. The second-order valence-electron chi connectivity index (χ2n) is 9.69. The fourth-order valence-corrected chi connectivity index (χ4v) is 5.34. The van der Waals surface area contributed by atoms with Crippen LogP contribution >= 0.6 is 0 Å². The first-order chi connectivity index (χ1) is 18.2. The molecule has 0 bridgehead atoms. The zero-order chi connectivity index (χ0) is 25.2. The smallest absolute Gasteiger partial charge is 0.165 e. The lowest BCUT2D eigenvalue weighted by atomic mass is 10.0. The Bertz CT molecular complexity index is 1510. The molecule has 188 valence electrons. The van der Waals surface area contributed by atoms with Crippen molar-refractivity contribution in [2.75, 3.05) is 44.2 Å². The molecule has 1 saturated heterocycles. The largest absolute Gasteiger partial charge is 0.492 e. The quantitative estimate of drug-likeness (QED) is 0.296. The lowest BCUT2D eigenvalue weighted by Gasteiger charge is -2.36. The Morgan fingerprint density at radius 1 is 0.865 bits per heavy atom. The molecular weight excluding hydrogens is 458 g/mol. The van der Waals surface area contributed by atoms with Crippen molar-refractivity contribution >= 4 is 22.2 Å². The van der Waals surface area contributed by atoms with Gasteiger partial charge in [0.25, 0.3) is 0 Å². The Balaban J connectivity index is 1.16. The number of hydrogen-bond donors (Lipinski definition) is 0.